The highest BCUT2D eigenvalue weighted by molar-refractivity contribution is 5.91. The molecule has 2 aromatic rings. The van der Waals surface area contributed by atoms with E-state index >= 15 is 0 Å². The van der Waals surface area contributed by atoms with Crippen LogP contribution in [-0.2, 0) is 11.3 Å². The minimum atomic E-state index is -0.0373. The second kappa shape index (κ2) is 7.29. The molecule has 0 saturated carbocycles. The largest absolute Gasteiger partial charge is 0.496 e. The van der Waals surface area contributed by atoms with Gasteiger partial charge < -0.3 is 9.64 Å². The standard InChI is InChI=1S/C18H19NO2/c1-19(14-16-10-6-7-11-17(16)21-2)18(20)13-12-15-8-4-3-5-9-15/h3-13H,14H2,1-2H3/b13-12+. The number of para-hydroxylation sites is 1. The summed E-state index contributed by atoms with van der Waals surface area (Å²) in [5, 5.41) is 0. The first-order valence-electron chi connectivity index (χ1n) is 6.81. The van der Waals surface area contributed by atoms with E-state index in [9.17, 15) is 4.79 Å². The van der Waals surface area contributed by atoms with Crippen molar-refractivity contribution in [1.82, 2.24) is 4.90 Å². The monoisotopic (exact) mass is 281 g/mol. The van der Waals surface area contributed by atoms with Crippen LogP contribution in [0.5, 0.6) is 5.75 Å². The third-order valence-corrected chi connectivity index (χ3v) is 3.19. The van der Waals surface area contributed by atoms with Crippen molar-refractivity contribution in [1.29, 1.82) is 0 Å². The molecule has 0 aliphatic rings. The quantitative estimate of drug-likeness (QED) is 0.786. The maximum absolute atomic E-state index is 12.1. The highest BCUT2D eigenvalue weighted by atomic mass is 16.5. The Balaban J connectivity index is 2.01. The molecule has 3 nitrogen and oxygen atoms in total. The van der Waals surface area contributed by atoms with E-state index in [1.54, 1.807) is 25.1 Å². The number of hydrogen-bond acceptors (Lipinski definition) is 2. The Labute approximate surface area is 125 Å². The molecule has 0 aliphatic heterocycles. The molecular weight excluding hydrogens is 262 g/mol. The third kappa shape index (κ3) is 4.21. The summed E-state index contributed by atoms with van der Waals surface area (Å²) in [7, 11) is 3.42. The first-order valence-corrected chi connectivity index (χ1v) is 6.81. The molecule has 1 amide bonds. The van der Waals surface area contributed by atoms with Gasteiger partial charge in [-0.25, -0.2) is 0 Å². The second-order valence-corrected chi connectivity index (χ2v) is 4.75. The Hall–Kier alpha value is -2.55. The van der Waals surface area contributed by atoms with Gasteiger partial charge >= 0.3 is 0 Å². The fraction of sp³-hybridized carbons (Fsp3) is 0.167. The van der Waals surface area contributed by atoms with E-state index in [4.69, 9.17) is 4.74 Å². The van der Waals surface area contributed by atoms with E-state index in [2.05, 4.69) is 0 Å². The van der Waals surface area contributed by atoms with Crippen LogP contribution >= 0.6 is 0 Å². The Morgan fingerprint density at radius 2 is 1.76 bits per heavy atom. The smallest absolute Gasteiger partial charge is 0.246 e. The fourth-order valence-corrected chi connectivity index (χ4v) is 2.03. The summed E-state index contributed by atoms with van der Waals surface area (Å²) in [6.45, 7) is 0.516. The van der Waals surface area contributed by atoms with Gasteiger partial charge in [0, 0.05) is 25.2 Å². The molecule has 0 fully saturated rings. The maximum Gasteiger partial charge on any atom is 0.246 e. The SMILES string of the molecule is COc1ccccc1CN(C)C(=O)/C=C/c1ccccc1. The van der Waals surface area contributed by atoms with E-state index in [1.165, 1.54) is 0 Å². The van der Waals surface area contributed by atoms with Crippen LogP contribution < -0.4 is 4.74 Å². The minimum absolute atomic E-state index is 0.0373. The first-order chi connectivity index (χ1) is 10.2. The number of benzene rings is 2. The number of amides is 1. The van der Waals surface area contributed by atoms with E-state index < -0.39 is 0 Å². The van der Waals surface area contributed by atoms with Gasteiger partial charge in [0.15, 0.2) is 0 Å². The van der Waals surface area contributed by atoms with Crippen molar-refractivity contribution in [2.75, 3.05) is 14.2 Å². The number of nitrogens with zero attached hydrogens (tertiary/aromatic N) is 1. The molecule has 2 rings (SSSR count). The molecular formula is C18H19NO2. The lowest BCUT2D eigenvalue weighted by atomic mass is 10.2. The number of ether oxygens (including phenoxy) is 1. The summed E-state index contributed by atoms with van der Waals surface area (Å²) >= 11 is 0. The average Bonchev–Trinajstić information content (AvgIpc) is 2.54. The average molecular weight is 281 g/mol. The van der Waals surface area contributed by atoms with Gasteiger partial charge in [0.25, 0.3) is 0 Å². The molecule has 3 heteroatoms. The lowest BCUT2D eigenvalue weighted by Crippen LogP contribution is -2.24. The van der Waals surface area contributed by atoms with Gasteiger partial charge in [-0.05, 0) is 17.7 Å². The molecule has 0 bridgehead atoms. The van der Waals surface area contributed by atoms with Crippen molar-refractivity contribution in [3.05, 3.63) is 71.8 Å². The zero-order valence-corrected chi connectivity index (χ0v) is 12.3. The third-order valence-electron chi connectivity index (χ3n) is 3.19. The molecule has 0 heterocycles. The van der Waals surface area contributed by atoms with Crippen molar-refractivity contribution >= 4 is 12.0 Å². The van der Waals surface area contributed by atoms with E-state index in [0.29, 0.717) is 6.54 Å². The van der Waals surface area contributed by atoms with Gasteiger partial charge in [0.1, 0.15) is 5.75 Å². The van der Waals surface area contributed by atoms with Gasteiger partial charge in [-0.1, -0.05) is 48.5 Å². The molecule has 21 heavy (non-hydrogen) atoms. The number of rotatable bonds is 5. The zero-order valence-electron chi connectivity index (χ0n) is 12.3. The van der Waals surface area contributed by atoms with Gasteiger partial charge in [-0.15, -0.1) is 0 Å². The minimum Gasteiger partial charge on any atom is -0.496 e. The summed E-state index contributed by atoms with van der Waals surface area (Å²) in [5.74, 6) is 0.758. The summed E-state index contributed by atoms with van der Waals surface area (Å²) in [4.78, 5) is 13.8. The first kappa shape index (κ1) is 14.9. The van der Waals surface area contributed by atoms with Crippen LogP contribution in [-0.4, -0.2) is 25.0 Å². The van der Waals surface area contributed by atoms with E-state index in [1.807, 2.05) is 60.7 Å². The Kier molecular flexibility index (Phi) is 5.16. The highest BCUT2D eigenvalue weighted by Gasteiger charge is 2.09. The van der Waals surface area contributed by atoms with Crippen LogP contribution in [0.15, 0.2) is 60.7 Å². The lowest BCUT2D eigenvalue weighted by molar-refractivity contribution is -0.125. The Bertz CT molecular complexity index is 620. The van der Waals surface area contributed by atoms with Crippen molar-refractivity contribution in [2.45, 2.75) is 6.54 Å². The van der Waals surface area contributed by atoms with Crippen LogP contribution in [0.4, 0.5) is 0 Å². The molecule has 108 valence electrons. The van der Waals surface area contributed by atoms with Gasteiger partial charge in [0.05, 0.1) is 7.11 Å². The van der Waals surface area contributed by atoms with Crippen LogP contribution in [0.3, 0.4) is 0 Å². The van der Waals surface area contributed by atoms with Crippen LogP contribution in [0.1, 0.15) is 11.1 Å². The van der Waals surface area contributed by atoms with Crippen molar-refractivity contribution < 1.29 is 9.53 Å². The molecule has 0 spiro atoms. The second-order valence-electron chi connectivity index (χ2n) is 4.75. The predicted octanol–water partition coefficient (Wildman–Crippen LogP) is 3.37. The van der Waals surface area contributed by atoms with Gasteiger partial charge in [-0.3, -0.25) is 4.79 Å². The Morgan fingerprint density at radius 3 is 2.48 bits per heavy atom. The van der Waals surface area contributed by atoms with Crippen molar-refractivity contribution in [3.8, 4) is 5.75 Å². The molecule has 0 radical (unpaired) electrons. The molecule has 0 saturated heterocycles. The summed E-state index contributed by atoms with van der Waals surface area (Å²) in [6, 6.07) is 17.5. The van der Waals surface area contributed by atoms with Crippen molar-refractivity contribution in [2.24, 2.45) is 0 Å². The van der Waals surface area contributed by atoms with Crippen molar-refractivity contribution in [3.63, 3.8) is 0 Å². The van der Waals surface area contributed by atoms with Gasteiger partial charge in [0.2, 0.25) is 5.91 Å². The predicted molar refractivity (Wildman–Crippen MR) is 84.9 cm³/mol. The number of carbonyl (C=O) groups is 1. The highest BCUT2D eigenvalue weighted by Crippen LogP contribution is 2.18. The topological polar surface area (TPSA) is 29.5 Å². The lowest BCUT2D eigenvalue weighted by Gasteiger charge is -2.17. The molecule has 0 aromatic heterocycles. The molecule has 0 N–H and O–H groups in total. The normalized spacial score (nSPS) is 10.6. The van der Waals surface area contributed by atoms with E-state index in [-0.39, 0.29) is 5.91 Å². The molecule has 2 aromatic carbocycles. The van der Waals surface area contributed by atoms with Gasteiger partial charge in [-0.2, -0.15) is 0 Å². The number of carbonyl (C=O) groups excluding carboxylic acids is 1. The van der Waals surface area contributed by atoms with Crippen LogP contribution in [0.25, 0.3) is 6.08 Å². The molecule has 0 aliphatic carbocycles. The van der Waals surface area contributed by atoms with Crippen LogP contribution in [0, 0.1) is 0 Å². The number of methoxy groups -OCH3 is 1. The summed E-state index contributed by atoms with van der Waals surface area (Å²) in [5.41, 5.74) is 2.00. The number of likely N-dealkylation sites (N-methyl/N-ethyl adjacent to an activating group) is 1. The molecule has 0 unspecified atom stereocenters. The Morgan fingerprint density at radius 1 is 1.10 bits per heavy atom. The van der Waals surface area contributed by atoms with Crippen LogP contribution in [0.2, 0.25) is 0 Å². The number of hydrogen-bond donors (Lipinski definition) is 0. The maximum atomic E-state index is 12.1. The summed E-state index contributed by atoms with van der Waals surface area (Å²) < 4.78 is 5.30. The van der Waals surface area contributed by atoms with E-state index in [0.717, 1.165) is 16.9 Å². The fourth-order valence-electron chi connectivity index (χ4n) is 2.03. The zero-order chi connectivity index (χ0) is 15.1. The molecule has 0 atom stereocenters. The summed E-state index contributed by atoms with van der Waals surface area (Å²) in [6.07, 6.45) is 3.41.